The standard InChI is InChI=1S/C27H29N3O6S2/c31-27(28-22-13-15-23(16-14-22)38(34,35)29-17-7-2-8-18-29)26-19-30(24-11-5-6-12-25(24)36-26)37(32,33)20-21-9-3-1-4-10-21/h1,3-6,9-16,26H,2,7-8,17-20H2,(H,28,31)/t26-/m1/s1. The van der Waals surface area contributed by atoms with Crippen LogP contribution in [0.1, 0.15) is 24.8 Å². The van der Waals surface area contributed by atoms with Gasteiger partial charge in [0.2, 0.25) is 20.0 Å². The lowest BCUT2D eigenvalue weighted by atomic mass is 10.2. The fourth-order valence-electron chi connectivity index (χ4n) is 4.65. The molecule has 0 spiro atoms. The van der Waals surface area contributed by atoms with Gasteiger partial charge in [-0.1, -0.05) is 48.9 Å². The Morgan fingerprint density at radius 3 is 2.21 bits per heavy atom. The van der Waals surface area contributed by atoms with Gasteiger partial charge in [-0.15, -0.1) is 0 Å². The topological polar surface area (TPSA) is 113 Å². The highest BCUT2D eigenvalue weighted by atomic mass is 32.2. The lowest BCUT2D eigenvalue weighted by Gasteiger charge is -2.34. The number of fused-ring (bicyclic) bond motifs is 1. The number of carbonyl (C=O) groups excluding carboxylic acids is 1. The zero-order chi connectivity index (χ0) is 26.8. The Hall–Kier alpha value is -3.41. The van der Waals surface area contributed by atoms with E-state index in [1.165, 1.54) is 32.9 Å². The van der Waals surface area contributed by atoms with Crippen LogP contribution < -0.4 is 14.4 Å². The minimum absolute atomic E-state index is 0.165. The van der Waals surface area contributed by atoms with E-state index in [9.17, 15) is 21.6 Å². The minimum atomic E-state index is -3.82. The molecule has 3 aromatic rings. The Morgan fingerprint density at radius 1 is 0.842 bits per heavy atom. The molecule has 0 bridgehead atoms. The third-order valence-corrected chi connectivity index (χ3v) is 10.3. The van der Waals surface area contributed by atoms with Crippen LogP contribution in [0.2, 0.25) is 0 Å². The molecule has 0 radical (unpaired) electrons. The molecular weight excluding hydrogens is 526 g/mol. The van der Waals surface area contributed by atoms with Gasteiger partial charge in [-0.2, -0.15) is 4.31 Å². The van der Waals surface area contributed by atoms with Gasteiger partial charge in [0.05, 0.1) is 22.9 Å². The van der Waals surface area contributed by atoms with Crippen molar-refractivity contribution < 1.29 is 26.4 Å². The Morgan fingerprint density at radius 2 is 1.50 bits per heavy atom. The van der Waals surface area contributed by atoms with E-state index in [-0.39, 0.29) is 17.2 Å². The van der Waals surface area contributed by atoms with Crippen LogP contribution >= 0.6 is 0 Å². The number of hydrogen-bond acceptors (Lipinski definition) is 6. The molecule has 0 saturated carbocycles. The first-order valence-corrected chi connectivity index (χ1v) is 15.5. The number of anilines is 2. The van der Waals surface area contributed by atoms with Gasteiger partial charge < -0.3 is 10.1 Å². The molecule has 0 unspecified atom stereocenters. The van der Waals surface area contributed by atoms with E-state index >= 15 is 0 Å². The molecule has 1 fully saturated rings. The van der Waals surface area contributed by atoms with Crippen molar-refractivity contribution in [2.75, 3.05) is 29.3 Å². The predicted molar refractivity (Wildman–Crippen MR) is 145 cm³/mol. The summed E-state index contributed by atoms with van der Waals surface area (Å²) in [5, 5.41) is 2.73. The normalized spacial score (nSPS) is 18.3. The molecule has 2 aliphatic heterocycles. The Kier molecular flexibility index (Phi) is 7.42. The van der Waals surface area contributed by atoms with E-state index in [0.29, 0.717) is 35.8 Å². The molecule has 1 saturated heterocycles. The molecule has 3 aromatic carbocycles. The summed E-state index contributed by atoms with van der Waals surface area (Å²) >= 11 is 0. The number of nitrogens with zero attached hydrogens (tertiary/aromatic N) is 2. The van der Waals surface area contributed by atoms with Gasteiger partial charge in [0.25, 0.3) is 5.91 Å². The number of rotatable bonds is 7. The molecule has 1 atom stereocenters. The van der Waals surface area contributed by atoms with Crippen molar-refractivity contribution in [2.45, 2.75) is 36.0 Å². The molecule has 38 heavy (non-hydrogen) atoms. The summed E-state index contributed by atoms with van der Waals surface area (Å²) in [6.07, 6.45) is 1.61. The van der Waals surface area contributed by atoms with Gasteiger partial charge in [0.15, 0.2) is 6.10 Å². The van der Waals surface area contributed by atoms with Gasteiger partial charge in [0.1, 0.15) is 5.75 Å². The molecule has 200 valence electrons. The maximum absolute atomic E-state index is 13.4. The van der Waals surface area contributed by atoms with Gasteiger partial charge in [0, 0.05) is 18.8 Å². The molecule has 1 amide bonds. The van der Waals surface area contributed by atoms with Gasteiger partial charge >= 0.3 is 0 Å². The van der Waals surface area contributed by atoms with Crippen LogP contribution in [0.25, 0.3) is 0 Å². The lowest BCUT2D eigenvalue weighted by Crippen LogP contribution is -2.49. The molecule has 5 rings (SSSR count). The van der Waals surface area contributed by atoms with E-state index in [2.05, 4.69) is 5.32 Å². The minimum Gasteiger partial charge on any atom is -0.476 e. The van der Waals surface area contributed by atoms with E-state index in [1.54, 1.807) is 48.5 Å². The zero-order valence-electron chi connectivity index (χ0n) is 20.7. The fourth-order valence-corrected chi connectivity index (χ4v) is 7.75. The van der Waals surface area contributed by atoms with Gasteiger partial charge in [-0.05, 0) is 54.8 Å². The first-order valence-electron chi connectivity index (χ1n) is 12.5. The molecule has 0 aliphatic carbocycles. The number of carbonyl (C=O) groups is 1. The van der Waals surface area contributed by atoms with Crippen LogP contribution in [0, 0.1) is 0 Å². The molecule has 11 heteroatoms. The number of nitrogens with one attached hydrogen (secondary N) is 1. The third-order valence-electron chi connectivity index (χ3n) is 6.63. The first-order chi connectivity index (χ1) is 18.2. The van der Waals surface area contributed by atoms with E-state index in [1.807, 2.05) is 6.07 Å². The van der Waals surface area contributed by atoms with Crippen LogP contribution in [0.15, 0.2) is 83.8 Å². The molecule has 0 aromatic heterocycles. The van der Waals surface area contributed by atoms with E-state index in [4.69, 9.17) is 4.74 Å². The monoisotopic (exact) mass is 555 g/mol. The summed E-state index contributed by atoms with van der Waals surface area (Å²) < 4.78 is 61.2. The second kappa shape index (κ2) is 10.8. The SMILES string of the molecule is O=C(Nc1ccc(S(=O)(=O)N2CCCCC2)cc1)[C@H]1CN(S(=O)(=O)Cc2ccccc2)c2ccccc2O1. The average Bonchev–Trinajstić information content (AvgIpc) is 2.93. The fraction of sp³-hybridized carbons (Fsp3) is 0.296. The second-order valence-electron chi connectivity index (χ2n) is 9.33. The van der Waals surface area contributed by atoms with Crippen LogP contribution in [0.4, 0.5) is 11.4 Å². The van der Waals surface area contributed by atoms with Gasteiger partial charge in [-0.3, -0.25) is 9.10 Å². The maximum Gasteiger partial charge on any atom is 0.267 e. The molecule has 1 N–H and O–H groups in total. The highest BCUT2D eigenvalue weighted by molar-refractivity contribution is 7.92. The lowest BCUT2D eigenvalue weighted by molar-refractivity contribution is -0.122. The highest BCUT2D eigenvalue weighted by Gasteiger charge is 2.37. The smallest absolute Gasteiger partial charge is 0.267 e. The summed E-state index contributed by atoms with van der Waals surface area (Å²) in [5.74, 6) is -0.465. The van der Waals surface area contributed by atoms with Crippen LogP contribution in [0.5, 0.6) is 5.75 Å². The predicted octanol–water partition coefficient (Wildman–Crippen LogP) is 3.60. The molecule has 9 nitrogen and oxygen atoms in total. The van der Waals surface area contributed by atoms with Crippen LogP contribution in [-0.4, -0.2) is 52.8 Å². The summed E-state index contributed by atoms with van der Waals surface area (Å²) in [5.41, 5.74) is 1.39. The maximum atomic E-state index is 13.4. The Balaban J connectivity index is 1.32. The number of ether oxygens (including phenoxy) is 1. The molecular formula is C27H29N3O6S2. The number of benzene rings is 3. The van der Waals surface area contributed by atoms with Crippen molar-refractivity contribution in [1.82, 2.24) is 4.31 Å². The average molecular weight is 556 g/mol. The van der Waals surface area contributed by atoms with Crippen LogP contribution in [-0.2, 0) is 30.6 Å². The molecule has 2 heterocycles. The van der Waals surface area contributed by atoms with E-state index < -0.39 is 32.1 Å². The first kappa shape index (κ1) is 26.2. The van der Waals surface area contributed by atoms with Crippen molar-refractivity contribution >= 4 is 37.3 Å². The summed E-state index contributed by atoms with van der Waals surface area (Å²) in [6, 6.07) is 21.5. The van der Waals surface area contributed by atoms with E-state index in [0.717, 1.165) is 19.3 Å². The summed E-state index contributed by atoms with van der Waals surface area (Å²) in [6.45, 7) is 0.815. The quantitative estimate of drug-likeness (QED) is 0.477. The number of piperidine rings is 1. The summed E-state index contributed by atoms with van der Waals surface area (Å²) in [4.78, 5) is 13.3. The number of sulfonamides is 2. The van der Waals surface area contributed by atoms with Crippen molar-refractivity contribution in [2.24, 2.45) is 0 Å². The highest BCUT2D eigenvalue weighted by Crippen LogP contribution is 2.36. The zero-order valence-corrected chi connectivity index (χ0v) is 22.3. The van der Waals surface area contributed by atoms with Gasteiger partial charge in [-0.25, -0.2) is 16.8 Å². The number of hydrogen-bond donors (Lipinski definition) is 1. The Bertz CT molecular complexity index is 1500. The van der Waals surface area contributed by atoms with Crippen molar-refractivity contribution in [3.8, 4) is 5.75 Å². The van der Waals surface area contributed by atoms with Crippen molar-refractivity contribution in [1.29, 1.82) is 0 Å². The number of amides is 1. The van der Waals surface area contributed by atoms with Crippen molar-refractivity contribution in [3.63, 3.8) is 0 Å². The second-order valence-corrected chi connectivity index (χ2v) is 13.2. The Labute approximate surface area is 223 Å². The number of para-hydroxylation sites is 2. The summed E-state index contributed by atoms with van der Waals surface area (Å²) in [7, 11) is -7.41. The largest absolute Gasteiger partial charge is 0.476 e. The third kappa shape index (κ3) is 5.54. The van der Waals surface area contributed by atoms with Crippen LogP contribution in [0.3, 0.4) is 0 Å². The molecule has 2 aliphatic rings. The van der Waals surface area contributed by atoms with Crippen molar-refractivity contribution in [3.05, 3.63) is 84.4 Å².